The summed E-state index contributed by atoms with van der Waals surface area (Å²) in [6.07, 6.45) is 1.93. The Morgan fingerprint density at radius 1 is 1.23 bits per heavy atom. The number of ether oxygens (including phenoxy) is 1. The molecule has 1 aliphatic rings. The van der Waals surface area contributed by atoms with Crippen LogP contribution >= 0.6 is 0 Å². The zero-order valence-corrected chi connectivity index (χ0v) is 16.9. The van der Waals surface area contributed by atoms with Gasteiger partial charge in [0.1, 0.15) is 6.54 Å². The zero-order valence-electron chi connectivity index (χ0n) is 16.9. The maximum atomic E-state index is 12.2. The summed E-state index contributed by atoms with van der Waals surface area (Å²) in [6, 6.07) is 9.14. The molecule has 0 bridgehead atoms. The molecule has 30 heavy (non-hydrogen) atoms. The average Bonchev–Trinajstić information content (AvgIpc) is 3.42. The second-order valence-electron chi connectivity index (χ2n) is 7.37. The standard InChI is InChI=1S/C21H23N5O4/c1-13-5-6-15(10-14(13)2)17-7-8-19(27)26(24-17)12-18-23-21(30-25-18)20(28)22-11-16-4-3-9-29-16/h5-8,10,16H,3-4,9,11-12H2,1-2H3,(H,22,28)/t16-/m0/s1. The van der Waals surface area contributed by atoms with E-state index in [2.05, 4.69) is 20.6 Å². The van der Waals surface area contributed by atoms with E-state index in [1.54, 1.807) is 6.07 Å². The maximum Gasteiger partial charge on any atom is 0.316 e. The Morgan fingerprint density at radius 2 is 2.10 bits per heavy atom. The van der Waals surface area contributed by atoms with Gasteiger partial charge in [0.05, 0.1) is 11.8 Å². The lowest BCUT2D eigenvalue weighted by molar-refractivity contribution is 0.0822. The number of benzene rings is 1. The number of nitrogens with zero attached hydrogens (tertiary/aromatic N) is 4. The second kappa shape index (κ2) is 8.58. The molecule has 156 valence electrons. The molecule has 1 fully saturated rings. The molecular formula is C21H23N5O4. The first kappa shape index (κ1) is 20.0. The lowest BCUT2D eigenvalue weighted by Gasteiger charge is -2.08. The molecule has 0 spiro atoms. The largest absolute Gasteiger partial charge is 0.376 e. The van der Waals surface area contributed by atoms with Gasteiger partial charge in [0, 0.05) is 24.8 Å². The van der Waals surface area contributed by atoms with Crippen LogP contribution in [0.5, 0.6) is 0 Å². The third-order valence-electron chi connectivity index (χ3n) is 5.14. The predicted molar refractivity (Wildman–Crippen MR) is 108 cm³/mol. The zero-order chi connectivity index (χ0) is 21.1. The van der Waals surface area contributed by atoms with Crippen molar-refractivity contribution in [1.82, 2.24) is 25.2 Å². The highest BCUT2D eigenvalue weighted by Gasteiger charge is 2.20. The highest BCUT2D eigenvalue weighted by atomic mass is 16.5. The fourth-order valence-electron chi connectivity index (χ4n) is 3.25. The van der Waals surface area contributed by atoms with Crippen LogP contribution in [0.4, 0.5) is 0 Å². The van der Waals surface area contributed by atoms with E-state index in [0.717, 1.165) is 24.0 Å². The van der Waals surface area contributed by atoms with Crippen molar-refractivity contribution in [3.05, 3.63) is 63.5 Å². The Hall–Kier alpha value is -3.33. The van der Waals surface area contributed by atoms with Crippen LogP contribution in [0.25, 0.3) is 11.3 Å². The molecule has 1 aromatic carbocycles. The van der Waals surface area contributed by atoms with Gasteiger partial charge in [-0.2, -0.15) is 10.1 Å². The minimum absolute atomic E-state index is 0.0000327. The summed E-state index contributed by atoms with van der Waals surface area (Å²) in [4.78, 5) is 28.5. The minimum Gasteiger partial charge on any atom is -0.376 e. The number of aromatic nitrogens is 4. The summed E-state index contributed by atoms with van der Waals surface area (Å²) >= 11 is 0. The number of aryl methyl sites for hydroxylation is 2. The van der Waals surface area contributed by atoms with Crippen molar-refractivity contribution in [1.29, 1.82) is 0 Å². The van der Waals surface area contributed by atoms with Gasteiger partial charge in [0.2, 0.25) is 0 Å². The van der Waals surface area contributed by atoms with Gasteiger partial charge in [-0.05, 0) is 49.9 Å². The Morgan fingerprint density at radius 3 is 2.87 bits per heavy atom. The van der Waals surface area contributed by atoms with Crippen LogP contribution in [0.2, 0.25) is 0 Å². The molecule has 1 atom stereocenters. The van der Waals surface area contributed by atoms with Crippen LogP contribution in [-0.2, 0) is 11.3 Å². The molecule has 1 aliphatic heterocycles. The number of hydrogen-bond acceptors (Lipinski definition) is 7. The maximum absolute atomic E-state index is 12.2. The highest BCUT2D eigenvalue weighted by Crippen LogP contribution is 2.19. The summed E-state index contributed by atoms with van der Waals surface area (Å²) in [6.45, 7) is 5.18. The van der Waals surface area contributed by atoms with E-state index in [0.29, 0.717) is 18.8 Å². The fraction of sp³-hybridized carbons (Fsp3) is 0.381. The van der Waals surface area contributed by atoms with Gasteiger partial charge >= 0.3 is 11.8 Å². The van der Waals surface area contributed by atoms with Crippen molar-refractivity contribution in [3.63, 3.8) is 0 Å². The van der Waals surface area contributed by atoms with Gasteiger partial charge < -0.3 is 14.6 Å². The summed E-state index contributed by atoms with van der Waals surface area (Å²) < 4.78 is 11.8. The van der Waals surface area contributed by atoms with Crippen LogP contribution in [0.3, 0.4) is 0 Å². The van der Waals surface area contributed by atoms with E-state index in [1.807, 2.05) is 32.0 Å². The highest BCUT2D eigenvalue weighted by molar-refractivity contribution is 5.89. The van der Waals surface area contributed by atoms with Crippen molar-refractivity contribution in [2.75, 3.05) is 13.2 Å². The predicted octanol–water partition coefficient (Wildman–Crippen LogP) is 1.87. The van der Waals surface area contributed by atoms with E-state index < -0.39 is 5.91 Å². The number of amides is 1. The smallest absolute Gasteiger partial charge is 0.316 e. The number of carbonyl (C=O) groups is 1. The molecule has 3 aromatic rings. The molecule has 1 saturated heterocycles. The number of hydrogen-bond donors (Lipinski definition) is 1. The van der Waals surface area contributed by atoms with E-state index >= 15 is 0 Å². The number of rotatable bonds is 6. The number of carbonyl (C=O) groups excluding carboxylic acids is 1. The molecule has 9 heteroatoms. The lowest BCUT2D eigenvalue weighted by atomic mass is 10.0. The molecule has 0 radical (unpaired) electrons. The van der Waals surface area contributed by atoms with Crippen molar-refractivity contribution in [2.45, 2.75) is 39.3 Å². The van der Waals surface area contributed by atoms with Gasteiger partial charge in [-0.1, -0.05) is 17.3 Å². The SMILES string of the molecule is Cc1ccc(-c2ccc(=O)n(Cc3noc(C(=O)NC[C@@H]4CCCO4)n3)n2)cc1C. The van der Waals surface area contributed by atoms with E-state index in [4.69, 9.17) is 9.26 Å². The third-order valence-corrected chi connectivity index (χ3v) is 5.14. The van der Waals surface area contributed by atoms with Crippen molar-refractivity contribution < 1.29 is 14.1 Å². The molecule has 0 unspecified atom stereocenters. The van der Waals surface area contributed by atoms with Crippen LogP contribution in [0.15, 0.2) is 39.6 Å². The topological polar surface area (TPSA) is 112 Å². The molecule has 1 N–H and O–H groups in total. The first-order chi connectivity index (χ1) is 14.5. The summed E-state index contributed by atoms with van der Waals surface area (Å²) in [5.41, 5.74) is 3.61. The van der Waals surface area contributed by atoms with Gasteiger partial charge in [-0.15, -0.1) is 0 Å². The van der Waals surface area contributed by atoms with Gasteiger partial charge in [0.15, 0.2) is 5.82 Å². The normalized spacial score (nSPS) is 16.0. The molecule has 9 nitrogen and oxygen atoms in total. The van der Waals surface area contributed by atoms with Crippen LogP contribution in [-0.4, -0.2) is 45.1 Å². The average molecular weight is 409 g/mol. The van der Waals surface area contributed by atoms with Gasteiger partial charge in [0.25, 0.3) is 5.56 Å². The van der Waals surface area contributed by atoms with Crippen LogP contribution in [0, 0.1) is 13.8 Å². The Balaban J connectivity index is 1.47. The van der Waals surface area contributed by atoms with Crippen molar-refractivity contribution >= 4 is 5.91 Å². The molecule has 2 aromatic heterocycles. The monoisotopic (exact) mass is 409 g/mol. The van der Waals surface area contributed by atoms with E-state index in [-0.39, 0.29) is 29.9 Å². The first-order valence-electron chi connectivity index (χ1n) is 9.88. The van der Waals surface area contributed by atoms with Crippen LogP contribution < -0.4 is 10.9 Å². The minimum atomic E-state index is -0.464. The molecular weight excluding hydrogens is 386 g/mol. The quantitative estimate of drug-likeness (QED) is 0.661. The second-order valence-corrected chi connectivity index (χ2v) is 7.37. The van der Waals surface area contributed by atoms with Crippen molar-refractivity contribution in [3.8, 4) is 11.3 Å². The molecule has 4 rings (SSSR count). The fourth-order valence-corrected chi connectivity index (χ4v) is 3.25. The summed E-state index contributed by atoms with van der Waals surface area (Å²) in [5.74, 6) is -0.418. The van der Waals surface area contributed by atoms with Crippen LogP contribution in [0.1, 0.15) is 40.5 Å². The third kappa shape index (κ3) is 4.46. The Kier molecular flexibility index (Phi) is 5.71. The molecule has 0 saturated carbocycles. The van der Waals surface area contributed by atoms with Gasteiger partial charge in [-0.25, -0.2) is 4.68 Å². The van der Waals surface area contributed by atoms with E-state index in [9.17, 15) is 9.59 Å². The molecule has 0 aliphatic carbocycles. The Bertz CT molecular complexity index is 1110. The van der Waals surface area contributed by atoms with E-state index in [1.165, 1.54) is 16.3 Å². The number of nitrogens with one attached hydrogen (secondary N) is 1. The Labute approximate surface area is 173 Å². The van der Waals surface area contributed by atoms with Gasteiger partial charge in [-0.3, -0.25) is 9.59 Å². The molecule has 3 heterocycles. The lowest BCUT2D eigenvalue weighted by Crippen LogP contribution is -2.32. The molecule has 1 amide bonds. The van der Waals surface area contributed by atoms with Crippen molar-refractivity contribution in [2.24, 2.45) is 0 Å². The summed E-state index contributed by atoms with van der Waals surface area (Å²) in [7, 11) is 0. The first-order valence-corrected chi connectivity index (χ1v) is 9.88. The summed E-state index contributed by atoms with van der Waals surface area (Å²) in [5, 5.41) is 10.9.